The highest BCUT2D eigenvalue weighted by molar-refractivity contribution is 7.26. The van der Waals surface area contributed by atoms with Gasteiger partial charge in [0, 0.05) is 114 Å². The van der Waals surface area contributed by atoms with Gasteiger partial charge in [0.2, 0.25) is 0 Å². The zero-order valence-corrected chi connectivity index (χ0v) is 68.2. The summed E-state index contributed by atoms with van der Waals surface area (Å²) in [5, 5.41) is 51.5. The topological polar surface area (TPSA) is 162 Å². The maximum Gasteiger partial charge on any atom is 0.160 e. The van der Waals surface area contributed by atoms with Gasteiger partial charge in [0.25, 0.3) is 0 Å². The molecule has 0 saturated heterocycles. The standard InChI is InChI=1S/C114H65N11S/c115-66-70-24-20-36-80(54-70)93-58-84(113-119-97(74-28-6-1-7-29-74)64-98(120-113)75-30-8-2-9-31-75)59-94(81-37-21-25-71(55-81)67-116)109(93)124-101-44-18-16-42-91(101)107-103(124)52-50-89-87-48-46-78(62-105(87)123(111(89)107)86-40-14-5-15-41-86)79-47-49-88-90-51-53-104-108(112(90)126-106(88)63-79)92-43-17-19-45-102(92)125(104)110-95(82-38-22-26-72(56-82)68-117)60-85(61-96(110)83-39-23-27-73(57-83)69-118)114-121-99(76-32-10-3-11-33-76)65-100(122-114)77-34-12-4-13-35-77/h1-65H. The fourth-order valence-corrected chi connectivity index (χ4v) is 19.9. The van der Waals surface area contributed by atoms with E-state index in [0.29, 0.717) is 33.9 Å². The van der Waals surface area contributed by atoms with E-state index in [2.05, 4.69) is 275 Å². The summed E-state index contributed by atoms with van der Waals surface area (Å²) < 4.78 is 9.51. The van der Waals surface area contributed by atoms with Crippen LogP contribution in [0.2, 0.25) is 0 Å². The van der Waals surface area contributed by atoms with Crippen molar-refractivity contribution in [1.29, 1.82) is 21.0 Å². The van der Waals surface area contributed by atoms with Crippen LogP contribution < -0.4 is 0 Å². The monoisotopic (exact) mass is 1620 g/mol. The Labute approximate surface area is 727 Å². The van der Waals surface area contributed by atoms with Crippen molar-refractivity contribution < 1.29 is 0 Å². The second kappa shape index (κ2) is 30.3. The lowest BCUT2D eigenvalue weighted by molar-refractivity contribution is 1.16. The van der Waals surface area contributed by atoms with E-state index in [0.717, 1.165) is 214 Å². The van der Waals surface area contributed by atoms with E-state index in [4.69, 9.17) is 19.9 Å². The van der Waals surface area contributed by atoms with Crippen LogP contribution in [0.3, 0.4) is 0 Å². The molecule has 23 rings (SSSR count). The molecule has 0 N–H and O–H groups in total. The first-order chi connectivity index (χ1) is 62.3. The molecule has 0 fully saturated rings. The van der Waals surface area contributed by atoms with Crippen molar-refractivity contribution in [3.8, 4) is 165 Å². The molecule has 126 heavy (non-hydrogen) atoms. The molecule has 12 heteroatoms. The van der Waals surface area contributed by atoms with Gasteiger partial charge in [-0.2, -0.15) is 21.0 Å². The van der Waals surface area contributed by atoms with Crippen molar-refractivity contribution in [3.63, 3.8) is 0 Å². The van der Waals surface area contributed by atoms with Gasteiger partial charge in [0.1, 0.15) is 0 Å². The predicted molar refractivity (Wildman–Crippen MR) is 512 cm³/mol. The summed E-state index contributed by atoms with van der Waals surface area (Å²) in [6, 6.07) is 145. The fraction of sp³-hybridized carbons (Fsp3) is 0. The molecule has 0 spiro atoms. The van der Waals surface area contributed by atoms with Crippen LogP contribution in [0.4, 0.5) is 0 Å². The van der Waals surface area contributed by atoms with Crippen molar-refractivity contribution in [2.45, 2.75) is 0 Å². The van der Waals surface area contributed by atoms with Crippen molar-refractivity contribution in [1.82, 2.24) is 33.6 Å². The Morgan fingerprint density at radius 2 is 0.571 bits per heavy atom. The Morgan fingerprint density at radius 1 is 0.222 bits per heavy atom. The summed E-state index contributed by atoms with van der Waals surface area (Å²) in [4.78, 5) is 21.6. The number of thiophene rings is 1. The molecule has 0 aliphatic heterocycles. The summed E-state index contributed by atoms with van der Waals surface area (Å²) in [6.07, 6.45) is 0. The lowest BCUT2D eigenvalue weighted by Crippen LogP contribution is -2.03. The Kier molecular flexibility index (Phi) is 17.7. The summed E-state index contributed by atoms with van der Waals surface area (Å²) in [6.45, 7) is 0. The lowest BCUT2D eigenvalue weighted by Gasteiger charge is -2.21. The quantitative estimate of drug-likeness (QED) is 0.104. The minimum atomic E-state index is 0.509. The largest absolute Gasteiger partial charge is 0.309 e. The molecule has 0 amide bonds. The van der Waals surface area contributed by atoms with E-state index in [9.17, 15) is 21.0 Å². The molecule has 11 nitrogen and oxygen atoms in total. The van der Waals surface area contributed by atoms with Gasteiger partial charge in [-0.15, -0.1) is 11.3 Å². The molecule has 0 aliphatic carbocycles. The molecule has 0 aliphatic rings. The molecule has 0 radical (unpaired) electrons. The highest BCUT2D eigenvalue weighted by atomic mass is 32.1. The average Bonchev–Trinajstić information content (AvgIpc) is 1.53. The second-order valence-electron chi connectivity index (χ2n) is 31.6. The van der Waals surface area contributed by atoms with Gasteiger partial charge in [-0.05, 0) is 167 Å². The number of hydrogen-bond acceptors (Lipinski definition) is 9. The number of hydrogen-bond donors (Lipinski definition) is 0. The maximum atomic E-state index is 10.7. The Hall–Kier alpha value is -17.5. The minimum Gasteiger partial charge on any atom is -0.309 e. The van der Waals surface area contributed by atoms with Gasteiger partial charge >= 0.3 is 0 Å². The average molecular weight is 1620 g/mol. The summed E-state index contributed by atoms with van der Waals surface area (Å²) in [5.41, 5.74) is 27.9. The molecule has 582 valence electrons. The summed E-state index contributed by atoms with van der Waals surface area (Å²) in [5.74, 6) is 1.04. The van der Waals surface area contributed by atoms with Gasteiger partial charge in [-0.1, -0.05) is 261 Å². The van der Waals surface area contributed by atoms with Crippen LogP contribution in [0.5, 0.6) is 0 Å². The molecule has 6 aromatic heterocycles. The second-order valence-corrected chi connectivity index (χ2v) is 32.7. The number of aromatic nitrogens is 7. The third-order valence-corrected chi connectivity index (χ3v) is 25.5. The first-order valence-electron chi connectivity index (χ1n) is 41.6. The van der Waals surface area contributed by atoms with Gasteiger partial charge in [0.05, 0.1) is 114 Å². The summed E-state index contributed by atoms with van der Waals surface area (Å²) >= 11 is 1.80. The number of nitrogens with zero attached hydrogens (tertiary/aromatic N) is 11. The SMILES string of the molecule is N#Cc1cccc(-c2cc(-c3nc(-c4ccccc4)cc(-c4ccccc4)n3)cc(-c3cccc(C#N)c3)c2-n2c3ccccc3c3c4sc5cc(-c6ccc7c8ccc9c(c%10ccccc%10n9-c9c(-c%10cccc(C#N)c%10)cc(-c%10nc(-c%11ccccc%11)cc(-c%11ccccc%11)n%10)cc9-c9cccc(C#N)c9)c8n(-c8ccccc8)c7c6)ccc5c4ccc32)c1. The number of rotatable bonds is 14. The maximum absolute atomic E-state index is 10.7. The normalized spacial score (nSPS) is 11.5. The van der Waals surface area contributed by atoms with E-state index in [1.165, 1.54) is 0 Å². The smallest absolute Gasteiger partial charge is 0.160 e. The van der Waals surface area contributed by atoms with E-state index in [1.54, 1.807) is 11.3 Å². The van der Waals surface area contributed by atoms with Crippen LogP contribution in [0.25, 0.3) is 226 Å². The lowest BCUT2D eigenvalue weighted by atomic mass is 9.91. The predicted octanol–water partition coefficient (Wildman–Crippen LogP) is 28.7. The van der Waals surface area contributed by atoms with Crippen LogP contribution in [0.1, 0.15) is 22.3 Å². The molecule has 0 bridgehead atoms. The van der Waals surface area contributed by atoms with Gasteiger partial charge < -0.3 is 13.7 Å². The first-order valence-corrected chi connectivity index (χ1v) is 42.4. The van der Waals surface area contributed by atoms with Crippen LogP contribution in [0, 0.1) is 45.3 Å². The highest BCUT2D eigenvalue weighted by Crippen LogP contribution is 2.52. The zero-order valence-electron chi connectivity index (χ0n) is 67.4. The fourth-order valence-electron chi connectivity index (χ4n) is 18.6. The third kappa shape index (κ3) is 12.4. The zero-order chi connectivity index (χ0) is 84.0. The van der Waals surface area contributed by atoms with Gasteiger partial charge in [0.15, 0.2) is 11.6 Å². The number of nitriles is 4. The molecule has 0 saturated carbocycles. The van der Waals surface area contributed by atoms with Crippen LogP contribution in [-0.4, -0.2) is 33.6 Å². The minimum absolute atomic E-state index is 0.509. The Balaban J connectivity index is 0.720. The van der Waals surface area contributed by atoms with Crippen molar-refractivity contribution >= 4 is 96.9 Å². The van der Waals surface area contributed by atoms with Crippen LogP contribution >= 0.6 is 11.3 Å². The molecular weight excluding hydrogens is 1560 g/mol. The third-order valence-electron chi connectivity index (χ3n) is 24.3. The highest BCUT2D eigenvalue weighted by Gasteiger charge is 2.30. The summed E-state index contributed by atoms with van der Waals surface area (Å²) in [7, 11) is 0. The number of benzene rings is 17. The molecule has 6 heterocycles. The van der Waals surface area contributed by atoms with Crippen LogP contribution in [0.15, 0.2) is 394 Å². The van der Waals surface area contributed by atoms with Crippen molar-refractivity contribution in [2.75, 3.05) is 0 Å². The van der Waals surface area contributed by atoms with E-state index < -0.39 is 0 Å². The van der Waals surface area contributed by atoms with E-state index in [1.807, 2.05) is 158 Å². The first kappa shape index (κ1) is 73.6. The molecule has 17 aromatic carbocycles. The molecule has 0 unspecified atom stereocenters. The van der Waals surface area contributed by atoms with Gasteiger partial charge in [-0.25, -0.2) is 19.9 Å². The van der Waals surface area contributed by atoms with E-state index >= 15 is 0 Å². The number of para-hydroxylation sites is 3. The number of fused-ring (bicyclic) bond motifs is 14. The van der Waals surface area contributed by atoms with Gasteiger partial charge in [-0.3, -0.25) is 0 Å². The van der Waals surface area contributed by atoms with Crippen molar-refractivity contribution in [3.05, 3.63) is 417 Å². The van der Waals surface area contributed by atoms with Crippen molar-refractivity contribution in [2.24, 2.45) is 0 Å². The van der Waals surface area contributed by atoms with Crippen LogP contribution in [-0.2, 0) is 0 Å². The Bertz CT molecular complexity index is 8360. The molecular formula is C114H65N11S. The molecule has 23 aromatic rings. The van der Waals surface area contributed by atoms with E-state index in [-0.39, 0.29) is 0 Å². The Morgan fingerprint density at radius 3 is 0.992 bits per heavy atom. The molecule has 0 atom stereocenters.